The van der Waals surface area contributed by atoms with Gasteiger partial charge in [0, 0.05) is 18.8 Å². The smallest absolute Gasteiger partial charge is 0.322 e. The van der Waals surface area contributed by atoms with Gasteiger partial charge in [0.05, 0.1) is 0 Å². The van der Waals surface area contributed by atoms with Crippen LogP contribution in [0.15, 0.2) is 42.5 Å². The van der Waals surface area contributed by atoms with E-state index in [1.165, 1.54) is 0 Å². The Morgan fingerprint density at radius 2 is 1.79 bits per heavy atom. The molecule has 0 saturated carbocycles. The van der Waals surface area contributed by atoms with E-state index in [2.05, 4.69) is 5.32 Å². The number of amides is 2. The van der Waals surface area contributed by atoms with Crippen molar-refractivity contribution in [2.24, 2.45) is 0 Å². The second-order valence-corrected chi connectivity index (χ2v) is 5.79. The molecule has 5 nitrogen and oxygen atoms in total. The molecule has 0 atom stereocenters. The van der Waals surface area contributed by atoms with Gasteiger partial charge in [0.15, 0.2) is 11.5 Å². The van der Waals surface area contributed by atoms with Gasteiger partial charge in [-0.15, -0.1) is 0 Å². The summed E-state index contributed by atoms with van der Waals surface area (Å²) in [6.07, 6.45) is 0. The first-order valence-electron chi connectivity index (χ1n) is 8.17. The van der Waals surface area contributed by atoms with Crippen molar-refractivity contribution in [1.29, 1.82) is 0 Å². The van der Waals surface area contributed by atoms with Gasteiger partial charge in [-0.25, -0.2) is 4.79 Å². The SMILES string of the molecule is CCN(Cc1ccc2c(c1)OCCO2)C(=O)Nc1ccc(C)cc1. The van der Waals surface area contributed by atoms with Crippen molar-refractivity contribution >= 4 is 11.7 Å². The van der Waals surface area contributed by atoms with Gasteiger partial charge >= 0.3 is 6.03 Å². The summed E-state index contributed by atoms with van der Waals surface area (Å²) in [5, 5.41) is 2.93. The fourth-order valence-corrected chi connectivity index (χ4v) is 2.57. The normalized spacial score (nSPS) is 12.6. The number of carbonyl (C=O) groups is 1. The van der Waals surface area contributed by atoms with E-state index in [1.54, 1.807) is 4.90 Å². The molecule has 126 valence electrons. The number of urea groups is 1. The zero-order valence-electron chi connectivity index (χ0n) is 14.0. The largest absolute Gasteiger partial charge is 0.486 e. The van der Waals surface area contributed by atoms with Crippen molar-refractivity contribution in [3.05, 3.63) is 53.6 Å². The minimum Gasteiger partial charge on any atom is -0.486 e. The van der Waals surface area contributed by atoms with Crippen molar-refractivity contribution in [2.75, 3.05) is 25.1 Å². The van der Waals surface area contributed by atoms with Gasteiger partial charge < -0.3 is 19.7 Å². The Morgan fingerprint density at radius 3 is 2.50 bits per heavy atom. The van der Waals surface area contributed by atoms with E-state index in [-0.39, 0.29) is 6.03 Å². The summed E-state index contributed by atoms with van der Waals surface area (Å²) in [6.45, 7) is 6.25. The maximum absolute atomic E-state index is 12.5. The van der Waals surface area contributed by atoms with Crippen LogP contribution >= 0.6 is 0 Å². The van der Waals surface area contributed by atoms with Crippen LogP contribution in [-0.4, -0.2) is 30.7 Å². The number of nitrogens with one attached hydrogen (secondary N) is 1. The maximum atomic E-state index is 12.5. The Labute approximate surface area is 142 Å². The lowest BCUT2D eigenvalue weighted by atomic mass is 10.2. The first-order valence-corrected chi connectivity index (χ1v) is 8.17. The van der Waals surface area contributed by atoms with Crippen molar-refractivity contribution in [3.63, 3.8) is 0 Å². The third kappa shape index (κ3) is 3.79. The minimum atomic E-state index is -0.115. The monoisotopic (exact) mass is 326 g/mol. The maximum Gasteiger partial charge on any atom is 0.322 e. The second-order valence-electron chi connectivity index (χ2n) is 5.79. The standard InChI is InChI=1S/C19H22N2O3/c1-3-21(19(22)20-16-7-4-14(2)5-8-16)13-15-6-9-17-18(12-15)24-11-10-23-17/h4-9,12H,3,10-11,13H2,1-2H3,(H,20,22). The average molecular weight is 326 g/mol. The molecule has 0 spiro atoms. The van der Waals surface area contributed by atoms with Gasteiger partial charge in [-0.1, -0.05) is 23.8 Å². The molecule has 0 radical (unpaired) electrons. The van der Waals surface area contributed by atoms with Gasteiger partial charge in [0.25, 0.3) is 0 Å². The number of rotatable bonds is 4. The number of ether oxygens (including phenoxy) is 2. The molecule has 0 unspecified atom stereocenters. The van der Waals surface area contributed by atoms with E-state index in [9.17, 15) is 4.79 Å². The van der Waals surface area contributed by atoms with E-state index in [0.717, 1.165) is 28.3 Å². The van der Waals surface area contributed by atoms with E-state index >= 15 is 0 Å². The van der Waals surface area contributed by atoms with Gasteiger partial charge in [-0.3, -0.25) is 0 Å². The highest BCUT2D eigenvalue weighted by molar-refractivity contribution is 5.89. The second kappa shape index (κ2) is 7.25. The van der Waals surface area contributed by atoms with Crippen LogP contribution in [0.1, 0.15) is 18.1 Å². The summed E-state index contributed by atoms with van der Waals surface area (Å²) in [5.41, 5.74) is 2.98. The lowest BCUT2D eigenvalue weighted by molar-refractivity contribution is 0.171. The van der Waals surface area contributed by atoms with Crippen LogP contribution in [0.5, 0.6) is 11.5 Å². The Bertz CT molecular complexity index is 713. The fourth-order valence-electron chi connectivity index (χ4n) is 2.57. The summed E-state index contributed by atoms with van der Waals surface area (Å²) in [6, 6.07) is 13.5. The van der Waals surface area contributed by atoms with Crippen LogP contribution in [-0.2, 0) is 6.54 Å². The predicted octanol–water partition coefficient (Wildman–Crippen LogP) is 3.82. The lowest BCUT2D eigenvalue weighted by Gasteiger charge is -2.23. The van der Waals surface area contributed by atoms with Crippen LogP contribution in [0, 0.1) is 6.92 Å². The topological polar surface area (TPSA) is 50.8 Å². The first kappa shape index (κ1) is 16.2. The average Bonchev–Trinajstić information content (AvgIpc) is 2.61. The summed E-state index contributed by atoms with van der Waals surface area (Å²) >= 11 is 0. The Morgan fingerprint density at radius 1 is 1.08 bits per heavy atom. The van der Waals surface area contributed by atoms with Crippen molar-refractivity contribution in [2.45, 2.75) is 20.4 Å². The zero-order valence-corrected chi connectivity index (χ0v) is 14.0. The van der Waals surface area contributed by atoms with Crippen LogP contribution in [0.25, 0.3) is 0 Å². The molecule has 2 aromatic carbocycles. The molecule has 0 fully saturated rings. The summed E-state index contributed by atoms with van der Waals surface area (Å²) in [5.74, 6) is 1.51. The molecular weight excluding hydrogens is 304 g/mol. The fraction of sp³-hybridized carbons (Fsp3) is 0.316. The van der Waals surface area contributed by atoms with Crippen LogP contribution in [0.3, 0.4) is 0 Å². The first-order chi connectivity index (χ1) is 11.7. The Hall–Kier alpha value is -2.69. The molecule has 2 amide bonds. The minimum absolute atomic E-state index is 0.115. The highest BCUT2D eigenvalue weighted by atomic mass is 16.6. The highest BCUT2D eigenvalue weighted by Gasteiger charge is 2.16. The molecule has 24 heavy (non-hydrogen) atoms. The van der Waals surface area contributed by atoms with Crippen LogP contribution in [0.2, 0.25) is 0 Å². The van der Waals surface area contributed by atoms with E-state index in [1.807, 2.05) is 56.3 Å². The molecule has 3 rings (SSSR count). The van der Waals surface area contributed by atoms with E-state index in [4.69, 9.17) is 9.47 Å². The number of anilines is 1. The number of carbonyl (C=O) groups excluding carboxylic acids is 1. The number of fused-ring (bicyclic) bond motifs is 1. The number of aryl methyl sites for hydroxylation is 1. The van der Waals surface area contributed by atoms with E-state index < -0.39 is 0 Å². The van der Waals surface area contributed by atoms with Gasteiger partial charge in [0.2, 0.25) is 0 Å². The van der Waals surface area contributed by atoms with Gasteiger partial charge in [0.1, 0.15) is 13.2 Å². The quantitative estimate of drug-likeness (QED) is 0.929. The summed E-state index contributed by atoms with van der Waals surface area (Å²) in [4.78, 5) is 14.2. The number of nitrogens with zero attached hydrogens (tertiary/aromatic N) is 1. The molecule has 1 N–H and O–H groups in total. The molecule has 0 aliphatic carbocycles. The van der Waals surface area contributed by atoms with Gasteiger partial charge in [-0.2, -0.15) is 0 Å². The summed E-state index contributed by atoms with van der Waals surface area (Å²) < 4.78 is 11.1. The molecular formula is C19H22N2O3. The van der Waals surface area contributed by atoms with Gasteiger partial charge in [-0.05, 0) is 43.7 Å². The molecule has 0 bridgehead atoms. The van der Waals surface area contributed by atoms with Crippen molar-refractivity contribution in [3.8, 4) is 11.5 Å². The Balaban J connectivity index is 1.67. The summed E-state index contributed by atoms with van der Waals surface area (Å²) in [7, 11) is 0. The highest BCUT2D eigenvalue weighted by Crippen LogP contribution is 2.31. The van der Waals surface area contributed by atoms with E-state index in [0.29, 0.717) is 26.3 Å². The zero-order chi connectivity index (χ0) is 16.9. The molecule has 0 saturated heterocycles. The third-order valence-corrected chi connectivity index (χ3v) is 3.95. The molecule has 1 heterocycles. The Kier molecular flexibility index (Phi) is 4.89. The molecule has 0 aromatic heterocycles. The van der Waals surface area contributed by atoms with Crippen LogP contribution < -0.4 is 14.8 Å². The van der Waals surface area contributed by atoms with Crippen molar-refractivity contribution < 1.29 is 14.3 Å². The third-order valence-electron chi connectivity index (χ3n) is 3.95. The molecule has 5 heteroatoms. The van der Waals surface area contributed by atoms with Crippen molar-refractivity contribution in [1.82, 2.24) is 4.90 Å². The number of hydrogen-bond acceptors (Lipinski definition) is 3. The number of benzene rings is 2. The van der Waals surface area contributed by atoms with Crippen LogP contribution in [0.4, 0.5) is 10.5 Å². The molecule has 1 aliphatic rings. The molecule has 1 aliphatic heterocycles. The number of hydrogen-bond donors (Lipinski definition) is 1. The predicted molar refractivity (Wildman–Crippen MR) is 93.7 cm³/mol. The molecule has 2 aromatic rings. The lowest BCUT2D eigenvalue weighted by Crippen LogP contribution is -2.34.